The van der Waals surface area contributed by atoms with E-state index in [4.69, 9.17) is 18.0 Å². The fourth-order valence-electron chi connectivity index (χ4n) is 1.67. The van der Waals surface area contributed by atoms with Gasteiger partial charge in [0.15, 0.2) is 0 Å². The predicted molar refractivity (Wildman–Crippen MR) is 74.6 cm³/mol. The van der Waals surface area contributed by atoms with Crippen molar-refractivity contribution < 1.29 is 9.53 Å². The van der Waals surface area contributed by atoms with Crippen molar-refractivity contribution in [3.8, 4) is 0 Å². The molecule has 1 heterocycles. The number of methoxy groups -OCH3 is 1. The molecule has 1 atom stereocenters. The molecule has 2 N–H and O–H groups in total. The lowest BCUT2D eigenvalue weighted by atomic mass is 10.1. The Kier molecular flexibility index (Phi) is 5.03. The molecule has 5 nitrogen and oxygen atoms in total. The largest absolute Gasteiger partial charge is 0.469 e. The van der Waals surface area contributed by atoms with Crippen molar-refractivity contribution in [1.82, 2.24) is 4.98 Å². The normalized spacial score (nSPS) is 11.7. The summed E-state index contributed by atoms with van der Waals surface area (Å²) in [6.45, 7) is 2.28. The number of esters is 1. The van der Waals surface area contributed by atoms with Crippen LogP contribution in [0.1, 0.15) is 12.5 Å². The van der Waals surface area contributed by atoms with Gasteiger partial charge < -0.3 is 15.4 Å². The Hall–Kier alpha value is -1.69. The van der Waals surface area contributed by atoms with Crippen LogP contribution < -0.4 is 10.6 Å². The Balaban J connectivity index is 2.87. The molecule has 0 spiro atoms. The summed E-state index contributed by atoms with van der Waals surface area (Å²) in [4.78, 5) is 17.8. The zero-order chi connectivity index (χ0) is 13.7. The second-order valence-electron chi connectivity index (χ2n) is 4.04. The molecule has 0 aliphatic rings. The molecule has 0 fully saturated rings. The van der Waals surface area contributed by atoms with E-state index in [2.05, 4.69) is 9.72 Å². The number of hydrogen-bond donors (Lipinski definition) is 1. The van der Waals surface area contributed by atoms with Crippen molar-refractivity contribution in [2.45, 2.75) is 6.92 Å². The highest BCUT2D eigenvalue weighted by Crippen LogP contribution is 2.17. The van der Waals surface area contributed by atoms with Gasteiger partial charge in [0, 0.05) is 19.8 Å². The molecule has 0 saturated heterocycles. The average molecular weight is 267 g/mol. The summed E-state index contributed by atoms with van der Waals surface area (Å²) >= 11 is 4.98. The third-order valence-corrected chi connectivity index (χ3v) is 2.78. The maximum Gasteiger partial charge on any atom is 0.310 e. The number of aromatic nitrogens is 1. The number of anilines is 1. The molecule has 0 bridgehead atoms. The van der Waals surface area contributed by atoms with Crippen molar-refractivity contribution in [1.29, 1.82) is 0 Å². The maximum atomic E-state index is 11.4. The molecule has 0 aliphatic carbocycles. The number of thiocarbonyl (C=S) groups is 1. The Morgan fingerprint density at radius 2 is 2.33 bits per heavy atom. The van der Waals surface area contributed by atoms with Crippen LogP contribution in [-0.4, -0.2) is 36.6 Å². The van der Waals surface area contributed by atoms with E-state index in [1.807, 2.05) is 18.0 Å². The fourth-order valence-corrected chi connectivity index (χ4v) is 1.83. The quantitative estimate of drug-likeness (QED) is 0.633. The highest BCUT2D eigenvalue weighted by Gasteiger charge is 2.18. The molecule has 18 heavy (non-hydrogen) atoms. The first-order valence-corrected chi connectivity index (χ1v) is 5.92. The first kappa shape index (κ1) is 14.4. The number of nitrogens with two attached hydrogens (primary N) is 1. The number of ether oxygens (including phenoxy) is 1. The molecule has 1 aromatic rings. The first-order valence-electron chi connectivity index (χ1n) is 5.51. The average Bonchev–Trinajstić information content (AvgIpc) is 2.37. The van der Waals surface area contributed by atoms with Crippen LogP contribution in [-0.2, 0) is 9.53 Å². The third kappa shape index (κ3) is 3.40. The van der Waals surface area contributed by atoms with Crippen LogP contribution in [0, 0.1) is 5.92 Å². The van der Waals surface area contributed by atoms with E-state index in [0.717, 1.165) is 0 Å². The molecule has 0 aliphatic heterocycles. The second kappa shape index (κ2) is 6.30. The van der Waals surface area contributed by atoms with Crippen LogP contribution in [0.25, 0.3) is 0 Å². The fraction of sp³-hybridized carbons (Fsp3) is 0.417. The summed E-state index contributed by atoms with van der Waals surface area (Å²) in [5.74, 6) is 0.164. The number of rotatable bonds is 5. The SMILES string of the molecule is COC(=O)C(C)CN(C)c1ncccc1C(N)=S. The van der Waals surface area contributed by atoms with E-state index in [-0.39, 0.29) is 16.9 Å². The van der Waals surface area contributed by atoms with E-state index in [1.54, 1.807) is 19.2 Å². The van der Waals surface area contributed by atoms with E-state index >= 15 is 0 Å². The molecule has 98 valence electrons. The Morgan fingerprint density at radius 1 is 1.67 bits per heavy atom. The Bertz CT molecular complexity index is 451. The van der Waals surface area contributed by atoms with Gasteiger partial charge in [-0.25, -0.2) is 4.98 Å². The van der Waals surface area contributed by atoms with Gasteiger partial charge in [-0.1, -0.05) is 19.1 Å². The van der Waals surface area contributed by atoms with Gasteiger partial charge in [-0.15, -0.1) is 0 Å². The molecule has 1 unspecified atom stereocenters. The van der Waals surface area contributed by atoms with Crippen LogP contribution in [0.2, 0.25) is 0 Å². The number of pyridine rings is 1. The molecular formula is C12H17N3O2S. The smallest absolute Gasteiger partial charge is 0.310 e. The van der Waals surface area contributed by atoms with E-state index in [0.29, 0.717) is 17.9 Å². The summed E-state index contributed by atoms with van der Waals surface area (Å²) in [5, 5.41) is 0. The highest BCUT2D eigenvalue weighted by atomic mass is 32.1. The number of nitrogens with zero attached hydrogens (tertiary/aromatic N) is 2. The Morgan fingerprint density at radius 3 is 2.89 bits per heavy atom. The standard InChI is InChI=1S/C12H17N3O2S/c1-8(12(16)17-3)7-15(2)11-9(10(13)18)5-4-6-14-11/h4-6,8H,7H2,1-3H3,(H2,13,18). The minimum Gasteiger partial charge on any atom is -0.469 e. The zero-order valence-corrected chi connectivity index (χ0v) is 11.5. The zero-order valence-electron chi connectivity index (χ0n) is 10.7. The first-order chi connectivity index (χ1) is 8.47. The van der Waals surface area contributed by atoms with Crippen molar-refractivity contribution in [2.75, 3.05) is 25.6 Å². The second-order valence-corrected chi connectivity index (χ2v) is 4.48. The van der Waals surface area contributed by atoms with Gasteiger partial charge in [0.2, 0.25) is 0 Å². The molecule has 0 amide bonds. The molecule has 1 rings (SSSR count). The minimum atomic E-state index is -0.255. The summed E-state index contributed by atoms with van der Waals surface area (Å²) in [6.07, 6.45) is 1.66. The Labute approximate surface area is 112 Å². The van der Waals surface area contributed by atoms with Crippen LogP contribution in [0.3, 0.4) is 0 Å². The maximum absolute atomic E-state index is 11.4. The van der Waals surface area contributed by atoms with Gasteiger partial charge in [0.25, 0.3) is 0 Å². The van der Waals surface area contributed by atoms with E-state index in [1.165, 1.54) is 7.11 Å². The molecule has 1 aromatic heterocycles. The van der Waals surface area contributed by atoms with E-state index in [9.17, 15) is 4.79 Å². The van der Waals surface area contributed by atoms with Gasteiger partial charge >= 0.3 is 5.97 Å². The van der Waals surface area contributed by atoms with Crippen molar-refractivity contribution in [2.24, 2.45) is 11.7 Å². The van der Waals surface area contributed by atoms with E-state index < -0.39 is 0 Å². The number of carbonyl (C=O) groups excluding carboxylic acids is 1. The third-order valence-electron chi connectivity index (χ3n) is 2.56. The molecule has 6 heteroatoms. The topological polar surface area (TPSA) is 68.5 Å². The van der Waals surface area contributed by atoms with Gasteiger partial charge in [0.05, 0.1) is 18.6 Å². The summed E-state index contributed by atoms with van der Waals surface area (Å²) in [7, 11) is 3.21. The lowest BCUT2D eigenvalue weighted by Crippen LogP contribution is -2.31. The predicted octanol–water partition coefficient (Wildman–Crippen LogP) is 0.961. The van der Waals surface area contributed by atoms with Gasteiger partial charge in [-0.3, -0.25) is 4.79 Å². The van der Waals surface area contributed by atoms with Crippen molar-refractivity contribution in [3.63, 3.8) is 0 Å². The molecule has 0 saturated carbocycles. The lowest BCUT2D eigenvalue weighted by Gasteiger charge is -2.23. The minimum absolute atomic E-state index is 0.249. The van der Waals surface area contributed by atoms with Crippen molar-refractivity contribution >= 4 is 29.0 Å². The highest BCUT2D eigenvalue weighted by molar-refractivity contribution is 7.80. The summed E-state index contributed by atoms with van der Waals surface area (Å²) < 4.78 is 4.69. The molecular weight excluding hydrogens is 250 g/mol. The van der Waals surface area contributed by atoms with Gasteiger partial charge in [-0.05, 0) is 12.1 Å². The summed E-state index contributed by atoms with van der Waals surface area (Å²) in [5.41, 5.74) is 6.34. The van der Waals surface area contributed by atoms with Gasteiger partial charge in [-0.2, -0.15) is 0 Å². The van der Waals surface area contributed by atoms with Gasteiger partial charge in [0.1, 0.15) is 10.8 Å². The monoisotopic (exact) mass is 267 g/mol. The summed E-state index contributed by atoms with van der Waals surface area (Å²) in [6, 6.07) is 3.58. The molecule has 0 aromatic carbocycles. The van der Waals surface area contributed by atoms with Crippen LogP contribution in [0.4, 0.5) is 5.82 Å². The van der Waals surface area contributed by atoms with Crippen LogP contribution >= 0.6 is 12.2 Å². The number of carbonyl (C=O) groups is 1. The molecule has 0 radical (unpaired) electrons. The van der Waals surface area contributed by atoms with Crippen LogP contribution in [0.15, 0.2) is 18.3 Å². The van der Waals surface area contributed by atoms with Crippen molar-refractivity contribution in [3.05, 3.63) is 23.9 Å². The van der Waals surface area contributed by atoms with Crippen LogP contribution in [0.5, 0.6) is 0 Å². The lowest BCUT2D eigenvalue weighted by molar-refractivity contribution is -0.144. The number of hydrogen-bond acceptors (Lipinski definition) is 5.